The standard InChI is InChI=1S/C20H27N3O3S/c1-5-23(6-2)18-12-10-16(11-13-18)15-21-20(24)17-8-7-9-19(14-17)27(25,26)22(3)4/h7-14H,5-6,15H2,1-4H3,(H,21,24). The van der Waals surface area contributed by atoms with Crippen LogP contribution in [0.4, 0.5) is 5.69 Å². The van der Waals surface area contributed by atoms with Crippen molar-refractivity contribution in [2.45, 2.75) is 25.3 Å². The monoisotopic (exact) mass is 389 g/mol. The molecule has 0 bridgehead atoms. The van der Waals surface area contributed by atoms with Crippen molar-refractivity contribution in [2.24, 2.45) is 0 Å². The third-order valence-electron chi connectivity index (χ3n) is 4.39. The van der Waals surface area contributed by atoms with E-state index in [0.29, 0.717) is 12.1 Å². The Morgan fingerprint density at radius 2 is 1.63 bits per heavy atom. The molecule has 2 rings (SSSR count). The van der Waals surface area contributed by atoms with Crippen LogP contribution in [0.2, 0.25) is 0 Å². The second-order valence-electron chi connectivity index (χ2n) is 6.34. The van der Waals surface area contributed by atoms with Crippen LogP contribution in [-0.2, 0) is 16.6 Å². The van der Waals surface area contributed by atoms with Gasteiger partial charge in [0.25, 0.3) is 5.91 Å². The van der Waals surface area contributed by atoms with Crippen LogP contribution in [0.1, 0.15) is 29.8 Å². The first-order valence-electron chi connectivity index (χ1n) is 8.94. The Labute approximate surface area is 161 Å². The number of nitrogens with one attached hydrogen (secondary N) is 1. The van der Waals surface area contributed by atoms with Gasteiger partial charge < -0.3 is 10.2 Å². The zero-order valence-electron chi connectivity index (χ0n) is 16.3. The van der Waals surface area contributed by atoms with Crippen LogP contribution in [0.25, 0.3) is 0 Å². The highest BCUT2D eigenvalue weighted by Gasteiger charge is 2.18. The molecule has 0 aromatic heterocycles. The minimum atomic E-state index is -3.57. The topological polar surface area (TPSA) is 69.7 Å². The minimum absolute atomic E-state index is 0.101. The molecular weight excluding hydrogens is 362 g/mol. The normalized spacial score (nSPS) is 11.4. The van der Waals surface area contributed by atoms with E-state index in [0.717, 1.165) is 28.6 Å². The van der Waals surface area contributed by atoms with Gasteiger partial charge in [0.05, 0.1) is 4.90 Å². The van der Waals surface area contributed by atoms with Gasteiger partial charge in [0.2, 0.25) is 10.0 Å². The predicted octanol–water partition coefficient (Wildman–Crippen LogP) is 2.71. The van der Waals surface area contributed by atoms with E-state index in [1.165, 1.54) is 26.2 Å². The van der Waals surface area contributed by atoms with Gasteiger partial charge >= 0.3 is 0 Å². The Morgan fingerprint density at radius 3 is 2.19 bits per heavy atom. The van der Waals surface area contributed by atoms with E-state index >= 15 is 0 Å². The maximum absolute atomic E-state index is 12.4. The van der Waals surface area contributed by atoms with Gasteiger partial charge in [-0.2, -0.15) is 0 Å². The van der Waals surface area contributed by atoms with Gasteiger partial charge in [-0.1, -0.05) is 18.2 Å². The van der Waals surface area contributed by atoms with Crippen molar-refractivity contribution in [1.29, 1.82) is 0 Å². The molecule has 1 N–H and O–H groups in total. The minimum Gasteiger partial charge on any atom is -0.372 e. The summed E-state index contributed by atoms with van der Waals surface area (Å²) in [6.07, 6.45) is 0. The lowest BCUT2D eigenvalue weighted by atomic mass is 10.1. The fraction of sp³-hybridized carbons (Fsp3) is 0.350. The molecule has 1 amide bonds. The van der Waals surface area contributed by atoms with Crippen LogP contribution in [0, 0.1) is 0 Å². The molecule has 0 saturated heterocycles. The van der Waals surface area contributed by atoms with E-state index < -0.39 is 10.0 Å². The lowest BCUT2D eigenvalue weighted by molar-refractivity contribution is 0.0950. The second-order valence-corrected chi connectivity index (χ2v) is 8.49. The van der Waals surface area contributed by atoms with Gasteiger partial charge in [-0.05, 0) is 49.7 Å². The summed E-state index contributed by atoms with van der Waals surface area (Å²) in [5.41, 5.74) is 2.45. The molecule has 0 aliphatic rings. The van der Waals surface area contributed by atoms with Crippen molar-refractivity contribution in [3.8, 4) is 0 Å². The second kappa shape index (κ2) is 9.01. The molecule has 0 atom stereocenters. The third kappa shape index (κ3) is 5.08. The molecule has 0 saturated carbocycles. The molecule has 0 aliphatic carbocycles. The highest BCUT2D eigenvalue weighted by Crippen LogP contribution is 2.16. The Hall–Kier alpha value is -2.38. The molecule has 146 valence electrons. The van der Waals surface area contributed by atoms with Crippen LogP contribution >= 0.6 is 0 Å². The average Bonchev–Trinajstić information content (AvgIpc) is 2.68. The maximum atomic E-state index is 12.4. The van der Waals surface area contributed by atoms with Crippen molar-refractivity contribution < 1.29 is 13.2 Å². The fourth-order valence-corrected chi connectivity index (χ4v) is 3.65. The van der Waals surface area contributed by atoms with E-state index in [4.69, 9.17) is 0 Å². The summed E-state index contributed by atoms with van der Waals surface area (Å²) >= 11 is 0. The maximum Gasteiger partial charge on any atom is 0.251 e. The Bertz CT molecular complexity index is 874. The summed E-state index contributed by atoms with van der Waals surface area (Å²) < 4.78 is 25.6. The molecule has 0 spiro atoms. The van der Waals surface area contributed by atoms with Crippen molar-refractivity contribution in [1.82, 2.24) is 9.62 Å². The smallest absolute Gasteiger partial charge is 0.251 e. The van der Waals surface area contributed by atoms with Gasteiger partial charge in [-0.25, -0.2) is 12.7 Å². The fourth-order valence-electron chi connectivity index (χ4n) is 2.71. The number of amides is 1. The molecule has 0 unspecified atom stereocenters. The first-order valence-corrected chi connectivity index (χ1v) is 10.4. The van der Waals surface area contributed by atoms with Crippen molar-refractivity contribution >= 4 is 21.6 Å². The molecule has 2 aromatic rings. The van der Waals surface area contributed by atoms with E-state index in [9.17, 15) is 13.2 Å². The summed E-state index contributed by atoms with van der Waals surface area (Å²) in [6, 6.07) is 14.1. The van der Waals surface area contributed by atoms with E-state index in [1.807, 2.05) is 24.3 Å². The Balaban J connectivity index is 2.06. The lowest BCUT2D eigenvalue weighted by Crippen LogP contribution is -2.25. The Kier molecular flexibility index (Phi) is 6.98. The molecule has 0 heterocycles. The summed E-state index contributed by atoms with van der Waals surface area (Å²) in [5, 5.41) is 2.84. The quantitative estimate of drug-likeness (QED) is 0.754. The van der Waals surface area contributed by atoms with Crippen LogP contribution in [-0.4, -0.2) is 45.8 Å². The van der Waals surface area contributed by atoms with Crippen LogP contribution < -0.4 is 10.2 Å². The van der Waals surface area contributed by atoms with Gasteiger partial charge in [-0.15, -0.1) is 0 Å². The molecule has 6 nitrogen and oxygen atoms in total. The first-order chi connectivity index (χ1) is 12.8. The molecule has 7 heteroatoms. The number of sulfonamides is 1. The largest absolute Gasteiger partial charge is 0.372 e. The van der Waals surface area contributed by atoms with Crippen molar-refractivity contribution in [3.05, 3.63) is 59.7 Å². The average molecular weight is 390 g/mol. The molecular formula is C20H27N3O3S. The Morgan fingerprint density at radius 1 is 1.00 bits per heavy atom. The van der Waals surface area contributed by atoms with Crippen molar-refractivity contribution in [3.63, 3.8) is 0 Å². The number of hydrogen-bond donors (Lipinski definition) is 1. The predicted molar refractivity (Wildman–Crippen MR) is 108 cm³/mol. The van der Waals surface area contributed by atoms with Crippen LogP contribution in [0.5, 0.6) is 0 Å². The van der Waals surface area contributed by atoms with Gasteiger partial charge in [0.15, 0.2) is 0 Å². The highest BCUT2D eigenvalue weighted by atomic mass is 32.2. The molecule has 0 radical (unpaired) electrons. The molecule has 0 aliphatic heterocycles. The molecule has 2 aromatic carbocycles. The van der Waals surface area contributed by atoms with Crippen LogP contribution in [0.15, 0.2) is 53.4 Å². The molecule has 27 heavy (non-hydrogen) atoms. The summed E-state index contributed by atoms with van der Waals surface area (Å²) in [5.74, 6) is -0.307. The number of anilines is 1. The zero-order chi connectivity index (χ0) is 20.0. The van der Waals surface area contributed by atoms with Gasteiger partial charge in [0.1, 0.15) is 0 Å². The van der Waals surface area contributed by atoms with E-state index in [-0.39, 0.29) is 10.8 Å². The summed E-state index contributed by atoms with van der Waals surface area (Å²) in [6.45, 7) is 6.49. The first kappa shape index (κ1) is 20.9. The number of rotatable bonds is 8. The number of carbonyl (C=O) groups excluding carboxylic acids is 1. The van der Waals surface area contributed by atoms with Crippen LogP contribution in [0.3, 0.4) is 0 Å². The zero-order valence-corrected chi connectivity index (χ0v) is 17.1. The number of nitrogens with zero attached hydrogens (tertiary/aromatic N) is 2. The molecule has 0 fully saturated rings. The SMILES string of the molecule is CCN(CC)c1ccc(CNC(=O)c2cccc(S(=O)(=O)N(C)C)c2)cc1. The number of hydrogen-bond acceptors (Lipinski definition) is 4. The third-order valence-corrected chi connectivity index (χ3v) is 6.20. The summed E-state index contributed by atoms with van der Waals surface area (Å²) in [4.78, 5) is 14.8. The van der Waals surface area contributed by atoms with Crippen molar-refractivity contribution in [2.75, 3.05) is 32.1 Å². The number of benzene rings is 2. The highest BCUT2D eigenvalue weighted by molar-refractivity contribution is 7.89. The van der Waals surface area contributed by atoms with Gasteiger partial charge in [-0.3, -0.25) is 4.79 Å². The van der Waals surface area contributed by atoms with Gasteiger partial charge in [0, 0.05) is 45.0 Å². The van der Waals surface area contributed by atoms with E-state index in [1.54, 1.807) is 12.1 Å². The number of carbonyl (C=O) groups is 1. The summed E-state index contributed by atoms with van der Waals surface area (Å²) in [7, 11) is -0.645. The van der Waals surface area contributed by atoms with E-state index in [2.05, 4.69) is 24.1 Å². The lowest BCUT2D eigenvalue weighted by Gasteiger charge is -2.21.